The summed E-state index contributed by atoms with van der Waals surface area (Å²) in [5.41, 5.74) is 4.32. The zero-order valence-corrected chi connectivity index (χ0v) is 29.8. The van der Waals surface area contributed by atoms with Crippen LogP contribution in [-0.4, -0.2) is 93.7 Å². The van der Waals surface area contributed by atoms with Gasteiger partial charge in [-0.05, 0) is 24.3 Å². The number of phenols is 4. The zero-order chi connectivity index (χ0) is 37.7. The Kier molecular flexibility index (Phi) is 12.3. The van der Waals surface area contributed by atoms with Gasteiger partial charge in [0.05, 0.1) is 26.4 Å². The molecule has 52 heavy (non-hydrogen) atoms. The number of benzene rings is 4. The van der Waals surface area contributed by atoms with Crippen LogP contribution >= 0.6 is 0 Å². The molecule has 1 aliphatic rings. The van der Waals surface area contributed by atoms with Gasteiger partial charge in [-0.1, -0.05) is 27.7 Å². The predicted molar refractivity (Wildman–Crippen MR) is 193 cm³/mol. The van der Waals surface area contributed by atoms with E-state index in [1.165, 1.54) is 24.3 Å². The van der Waals surface area contributed by atoms with Crippen LogP contribution in [0.5, 0.6) is 46.0 Å². The van der Waals surface area contributed by atoms with Gasteiger partial charge in [0.15, 0.2) is 0 Å². The molecule has 1 aliphatic carbocycles. The number of hydrogen-bond donors (Lipinski definition) is 8. The Hall–Kier alpha value is -4.88. The SMILES string of the molecule is CC1c2cc(c(OCCO)cc2O)C(C)c2cc(c(OCCO)cc2O)C(C)c2cc(c(OCCO)cc2O)C(C)c2cc1c(OCCO)cc2O. The third-order valence-electron chi connectivity index (χ3n) is 9.76. The van der Waals surface area contributed by atoms with Crippen LogP contribution < -0.4 is 18.9 Å². The molecule has 5 rings (SSSR count). The van der Waals surface area contributed by atoms with E-state index in [2.05, 4.69) is 0 Å². The van der Waals surface area contributed by atoms with Crippen LogP contribution in [0.1, 0.15) is 95.9 Å². The molecule has 0 amide bonds. The minimum atomic E-state index is -0.551. The Labute approximate surface area is 302 Å². The van der Waals surface area contributed by atoms with E-state index in [1.54, 1.807) is 24.3 Å². The summed E-state index contributed by atoms with van der Waals surface area (Å²) in [5.74, 6) is -1.41. The van der Waals surface area contributed by atoms with Gasteiger partial charge in [0.1, 0.15) is 72.4 Å². The molecule has 0 aromatic heterocycles. The summed E-state index contributed by atoms with van der Waals surface area (Å²) in [6.07, 6.45) is 0. The highest BCUT2D eigenvalue weighted by atomic mass is 16.5. The predicted octanol–water partition coefficient (Wildman–Crippen LogP) is 4.91. The first-order valence-electron chi connectivity index (χ1n) is 17.4. The van der Waals surface area contributed by atoms with Crippen molar-refractivity contribution in [1.29, 1.82) is 0 Å². The van der Waals surface area contributed by atoms with Gasteiger partial charge >= 0.3 is 0 Å². The van der Waals surface area contributed by atoms with Crippen LogP contribution in [0.2, 0.25) is 0 Å². The molecule has 0 saturated carbocycles. The van der Waals surface area contributed by atoms with Crippen LogP contribution in [0.25, 0.3) is 0 Å². The van der Waals surface area contributed by atoms with Crippen molar-refractivity contribution in [2.45, 2.75) is 51.4 Å². The Morgan fingerprint density at radius 1 is 0.346 bits per heavy atom. The number of aliphatic hydroxyl groups is 4. The molecule has 0 spiro atoms. The van der Waals surface area contributed by atoms with Crippen LogP contribution in [0.15, 0.2) is 48.5 Å². The van der Waals surface area contributed by atoms with Gasteiger partial charge in [0, 0.05) is 92.4 Å². The molecule has 8 bridgehead atoms. The second-order valence-electron chi connectivity index (χ2n) is 13.0. The van der Waals surface area contributed by atoms with Gasteiger partial charge in [-0.3, -0.25) is 0 Å². The molecule has 4 aromatic carbocycles. The topological polar surface area (TPSA) is 199 Å². The van der Waals surface area contributed by atoms with Crippen molar-refractivity contribution in [1.82, 2.24) is 0 Å². The Balaban J connectivity index is 1.88. The fourth-order valence-corrected chi connectivity index (χ4v) is 6.95. The highest BCUT2D eigenvalue weighted by Crippen LogP contribution is 2.50. The molecule has 12 nitrogen and oxygen atoms in total. The molecule has 280 valence electrons. The summed E-state index contributed by atoms with van der Waals surface area (Å²) in [6.45, 7) is 6.19. The molecule has 0 heterocycles. The van der Waals surface area contributed by atoms with E-state index in [4.69, 9.17) is 18.9 Å². The van der Waals surface area contributed by atoms with E-state index in [-0.39, 0.29) is 75.9 Å². The molecule has 0 aliphatic heterocycles. The molecular formula is C40H48O12. The Bertz CT molecular complexity index is 1600. The van der Waals surface area contributed by atoms with Gasteiger partial charge in [-0.15, -0.1) is 0 Å². The van der Waals surface area contributed by atoms with E-state index >= 15 is 0 Å². The maximum atomic E-state index is 11.5. The third-order valence-corrected chi connectivity index (χ3v) is 9.76. The highest BCUT2D eigenvalue weighted by molar-refractivity contribution is 5.62. The number of aliphatic hydroxyl groups excluding tert-OH is 4. The zero-order valence-electron chi connectivity index (χ0n) is 29.8. The highest BCUT2D eigenvalue weighted by Gasteiger charge is 2.30. The van der Waals surface area contributed by atoms with Gasteiger partial charge in [-0.25, -0.2) is 0 Å². The second-order valence-corrected chi connectivity index (χ2v) is 13.0. The average Bonchev–Trinajstić information content (AvgIpc) is 3.13. The maximum absolute atomic E-state index is 11.5. The van der Waals surface area contributed by atoms with Gasteiger partial charge in [0.25, 0.3) is 0 Å². The number of ether oxygens (including phenoxy) is 4. The van der Waals surface area contributed by atoms with Crippen molar-refractivity contribution in [2.24, 2.45) is 0 Å². The van der Waals surface area contributed by atoms with Crippen LogP contribution in [0.4, 0.5) is 0 Å². The summed E-state index contributed by atoms with van der Waals surface area (Å²) in [7, 11) is 0. The van der Waals surface area contributed by atoms with Gasteiger partial charge < -0.3 is 59.8 Å². The second kappa shape index (κ2) is 16.6. The standard InChI is InChI=1S/C40H48O12/c1-21-25-13-30(38(17-33(25)45)50-10-6-42)23(3)27-15-32(40(19-35(27)47)52-12-8-44)24(4)28-16-31(39(20-36(28)48)51-11-7-43)22(2)26-14-29(21)37(18-34(26)46)49-9-5-41/h13-24,41-48H,5-12H2,1-4H3. The van der Waals surface area contributed by atoms with Crippen molar-refractivity contribution in [3.05, 3.63) is 93.0 Å². The molecule has 8 N–H and O–H groups in total. The van der Waals surface area contributed by atoms with Gasteiger partial charge in [0.2, 0.25) is 0 Å². The fraction of sp³-hybridized carbons (Fsp3) is 0.400. The van der Waals surface area contributed by atoms with E-state index in [0.29, 0.717) is 67.5 Å². The quantitative estimate of drug-likeness (QED) is 0.0985. The van der Waals surface area contributed by atoms with E-state index in [0.717, 1.165) is 0 Å². The number of hydrogen-bond acceptors (Lipinski definition) is 12. The van der Waals surface area contributed by atoms with Crippen molar-refractivity contribution < 1.29 is 59.8 Å². The Morgan fingerprint density at radius 2 is 0.538 bits per heavy atom. The minimum absolute atomic E-state index is 0.0474. The first-order valence-corrected chi connectivity index (χ1v) is 17.4. The van der Waals surface area contributed by atoms with E-state index < -0.39 is 23.7 Å². The summed E-state index contributed by atoms with van der Waals surface area (Å²) in [4.78, 5) is 0. The van der Waals surface area contributed by atoms with Crippen molar-refractivity contribution in [3.8, 4) is 46.0 Å². The minimum Gasteiger partial charge on any atom is -0.508 e. The summed E-state index contributed by atoms with van der Waals surface area (Å²) in [6, 6.07) is 13.0. The lowest BCUT2D eigenvalue weighted by atomic mass is 9.80. The van der Waals surface area contributed by atoms with Gasteiger partial charge in [-0.2, -0.15) is 0 Å². The number of fused-ring (bicyclic) bond motifs is 8. The van der Waals surface area contributed by atoms with Crippen LogP contribution in [0, 0.1) is 0 Å². The lowest BCUT2D eigenvalue weighted by Gasteiger charge is -2.27. The van der Waals surface area contributed by atoms with Crippen LogP contribution in [-0.2, 0) is 0 Å². The molecular weight excluding hydrogens is 672 g/mol. The first-order chi connectivity index (χ1) is 24.9. The van der Waals surface area contributed by atoms with E-state index in [9.17, 15) is 40.9 Å². The molecule has 4 unspecified atom stereocenters. The Morgan fingerprint density at radius 3 is 0.712 bits per heavy atom. The number of rotatable bonds is 12. The maximum Gasteiger partial charge on any atom is 0.126 e. The van der Waals surface area contributed by atoms with Crippen molar-refractivity contribution in [3.63, 3.8) is 0 Å². The summed E-state index contributed by atoms with van der Waals surface area (Å²) in [5, 5.41) is 84.2. The van der Waals surface area contributed by atoms with Crippen molar-refractivity contribution in [2.75, 3.05) is 52.9 Å². The molecule has 4 aromatic rings. The molecule has 0 fully saturated rings. The molecule has 12 heteroatoms. The largest absolute Gasteiger partial charge is 0.508 e. The fourth-order valence-electron chi connectivity index (χ4n) is 6.95. The van der Waals surface area contributed by atoms with Crippen LogP contribution in [0.3, 0.4) is 0 Å². The smallest absolute Gasteiger partial charge is 0.126 e. The average molecular weight is 721 g/mol. The number of aromatic hydroxyl groups is 4. The lowest BCUT2D eigenvalue weighted by Crippen LogP contribution is -2.12. The summed E-state index contributed by atoms with van der Waals surface area (Å²) >= 11 is 0. The molecule has 0 radical (unpaired) electrons. The monoisotopic (exact) mass is 720 g/mol. The summed E-state index contributed by atoms with van der Waals surface area (Å²) < 4.78 is 23.6. The van der Waals surface area contributed by atoms with E-state index in [1.807, 2.05) is 27.7 Å². The van der Waals surface area contributed by atoms with Crippen molar-refractivity contribution >= 4 is 0 Å². The lowest BCUT2D eigenvalue weighted by molar-refractivity contribution is 0.199. The normalized spacial score (nSPS) is 18.2. The molecule has 4 atom stereocenters. The number of phenolic OH excluding ortho intramolecular Hbond substituents is 4. The third kappa shape index (κ3) is 7.65. The molecule has 0 saturated heterocycles. The first kappa shape index (κ1) is 38.4.